The van der Waals surface area contributed by atoms with Gasteiger partial charge in [0.15, 0.2) is 0 Å². The average molecular weight is 221 g/mol. The summed E-state index contributed by atoms with van der Waals surface area (Å²) in [4.78, 5) is 3.76. The van der Waals surface area contributed by atoms with Gasteiger partial charge in [-0.3, -0.25) is 4.98 Å². The summed E-state index contributed by atoms with van der Waals surface area (Å²) >= 11 is 5.67. The Kier molecular flexibility index (Phi) is 3.39. The van der Waals surface area contributed by atoms with Gasteiger partial charge in [0.1, 0.15) is 0 Å². The van der Waals surface area contributed by atoms with Gasteiger partial charge in [-0.2, -0.15) is 8.78 Å². The molecule has 0 saturated carbocycles. The molecule has 14 heavy (non-hydrogen) atoms. The molecule has 0 bridgehead atoms. The molecule has 0 radical (unpaired) electrons. The lowest BCUT2D eigenvalue weighted by molar-refractivity contribution is 0.00512. The van der Waals surface area contributed by atoms with Crippen LogP contribution in [0.3, 0.4) is 0 Å². The number of pyridine rings is 1. The van der Waals surface area contributed by atoms with E-state index in [0.29, 0.717) is 12.0 Å². The monoisotopic (exact) mass is 220 g/mol. The largest absolute Gasteiger partial charge is 0.325 e. The van der Waals surface area contributed by atoms with Crippen molar-refractivity contribution in [2.24, 2.45) is 5.73 Å². The number of alkyl halides is 2. The second-order valence-electron chi connectivity index (χ2n) is 2.92. The van der Waals surface area contributed by atoms with Crippen LogP contribution in [0.2, 0.25) is 5.02 Å². The molecule has 2 N–H and O–H groups in total. The summed E-state index contributed by atoms with van der Waals surface area (Å²) in [6.07, 6.45) is 3.06. The summed E-state index contributed by atoms with van der Waals surface area (Å²) in [6, 6.07) is 0. The van der Waals surface area contributed by atoms with Crippen molar-refractivity contribution in [1.82, 2.24) is 4.98 Å². The van der Waals surface area contributed by atoms with E-state index in [1.54, 1.807) is 6.92 Å². The van der Waals surface area contributed by atoms with Gasteiger partial charge >= 0.3 is 0 Å². The molecule has 0 aromatic carbocycles. The van der Waals surface area contributed by atoms with E-state index >= 15 is 0 Å². The van der Waals surface area contributed by atoms with Crippen molar-refractivity contribution in [3.63, 3.8) is 0 Å². The number of rotatable bonds is 3. The highest BCUT2D eigenvalue weighted by Gasteiger charge is 2.34. The lowest BCUT2D eigenvalue weighted by Gasteiger charge is -2.18. The topological polar surface area (TPSA) is 38.9 Å². The number of aromatic nitrogens is 1. The Hall–Kier alpha value is -0.740. The summed E-state index contributed by atoms with van der Waals surface area (Å²) in [5, 5.41) is -0.0280. The Morgan fingerprint density at radius 1 is 1.50 bits per heavy atom. The maximum atomic E-state index is 13.4. The number of nitrogens with two attached hydrogens (primary N) is 1. The zero-order valence-corrected chi connectivity index (χ0v) is 8.48. The second kappa shape index (κ2) is 4.19. The predicted molar refractivity (Wildman–Crippen MR) is 51.6 cm³/mol. The van der Waals surface area contributed by atoms with Crippen LogP contribution in [0.1, 0.15) is 18.1 Å². The van der Waals surface area contributed by atoms with Crippen LogP contribution in [0, 0.1) is 0 Å². The fourth-order valence-corrected chi connectivity index (χ4v) is 1.57. The number of aryl methyl sites for hydroxylation is 1. The molecule has 2 nitrogen and oxygen atoms in total. The van der Waals surface area contributed by atoms with Gasteiger partial charge in [-0.25, -0.2) is 0 Å². The summed E-state index contributed by atoms with van der Waals surface area (Å²) < 4.78 is 26.7. The minimum Gasteiger partial charge on any atom is -0.325 e. The van der Waals surface area contributed by atoms with E-state index in [0.717, 1.165) is 0 Å². The van der Waals surface area contributed by atoms with Gasteiger partial charge < -0.3 is 5.73 Å². The Bertz CT molecular complexity index is 329. The molecule has 0 saturated heterocycles. The molecule has 1 heterocycles. The van der Waals surface area contributed by atoms with Crippen molar-refractivity contribution in [3.05, 3.63) is 28.5 Å². The highest BCUT2D eigenvalue weighted by Crippen LogP contribution is 2.34. The fourth-order valence-electron chi connectivity index (χ4n) is 1.25. The molecular formula is C9H11ClF2N2. The third-order valence-corrected chi connectivity index (χ3v) is 2.27. The van der Waals surface area contributed by atoms with Gasteiger partial charge in [0.05, 0.1) is 11.6 Å². The molecule has 1 aromatic rings. The minimum atomic E-state index is -3.08. The third-order valence-electron chi connectivity index (χ3n) is 1.98. The van der Waals surface area contributed by atoms with Crippen LogP contribution in [-0.4, -0.2) is 11.5 Å². The van der Waals surface area contributed by atoms with Gasteiger partial charge in [-0.1, -0.05) is 18.5 Å². The molecule has 1 rings (SSSR count). The van der Waals surface area contributed by atoms with Crippen LogP contribution in [-0.2, 0) is 12.3 Å². The number of nitrogens with zero attached hydrogens (tertiary/aromatic N) is 1. The number of hydrogen-bond donors (Lipinski definition) is 1. The van der Waals surface area contributed by atoms with Crippen LogP contribution in [0.25, 0.3) is 0 Å². The molecule has 0 aliphatic carbocycles. The van der Waals surface area contributed by atoms with Gasteiger partial charge in [0.25, 0.3) is 5.92 Å². The lowest BCUT2D eigenvalue weighted by Crippen LogP contribution is -2.27. The summed E-state index contributed by atoms with van der Waals surface area (Å²) in [5.41, 5.74) is 5.24. The van der Waals surface area contributed by atoms with E-state index in [2.05, 4.69) is 4.98 Å². The highest BCUT2D eigenvalue weighted by atomic mass is 35.5. The molecule has 0 aliphatic rings. The van der Waals surface area contributed by atoms with Gasteiger partial charge in [0.2, 0.25) is 0 Å². The molecule has 78 valence electrons. The summed E-state index contributed by atoms with van der Waals surface area (Å²) in [5.74, 6) is -3.08. The molecule has 0 amide bonds. The lowest BCUT2D eigenvalue weighted by atomic mass is 10.0. The van der Waals surface area contributed by atoms with E-state index in [-0.39, 0.29) is 10.6 Å². The minimum absolute atomic E-state index is 0.0280. The maximum Gasteiger partial charge on any atom is 0.287 e. The van der Waals surface area contributed by atoms with Crippen molar-refractivity contribution in [2.45, 2.75) is 19.3 Å². The first-order valence-electron chi connectivity index (χ1n) is 4.23. The van der Waals surface area contributed by atoms with E-state index < -0.39 is 12.5 Å². The first-order valence-corrected chi connectivity index (χ1v) is 4.61. The normalized spacial score (nSPS) is 11.8. The highest BCUT2D eigenvalue weighted by molar-refractivity contribution is 6.31. The standard InChI is InChI=1S/C9H11ClF2N2/c1-2-6-3-14-4-7(10)8(6)9(11,12)5-13/h3-4H,2,5,13H2,1H3. The predicted octanol–water partition coefficient (Wildman–Crippen LogP) is 2.35. The number of halogens is 3. The Morgan fingerprint density at radius 3 is 2.64 bits per heavy atom. The molecular weight excluding hydrogens is 210 g/mol. The van der Waals surface area contributed by atoms with Gasteiger partial charge in [0, 0.05) is 18.0 Å². The average Bonchev–Trinajstić information content (AvgIpc) is 2.17. The molecule has 0 spiro atoms. The molecule has 0 atom stereocenters. The molecule has 0 unspecified atom stereocenters. The van der Waals surface area contributed by atoms with Crippen LogP contribution < -0.4 is 5.73 Å². The van der Waals surface area contributed by atoms with E-state index in [4.69, 9.17) is 17.3 Å². The number of hydrogen-bond acceptors (Lipinski definition) is 2. The van der Waals surface area contributed by atoms with Gasteiger partial charge in [-0.05, 0) is 12.0 Å². The first kappa shape index (κ1) is 11.3. The first-order chi connectivity index (χ1) is 6.53. The second-order valence-corrected chi connectivity index (χ2v) is 3.32. The fraction of sp³-hybridized carbons (Fsp3) is 0.444. The van der Waals surface area contributed by atoms with Crippen LogP contribution in [0.4, 0.5) is 8.78 Å². The quantitative estimate of drug-likeness (QED) is 0.849. The zero-order chi connectivity index (χ0) is 10.8. The SMILES string of the molecule is CCc1cncc(Cl)c1C(F)(F)CN. The van der Waals surface area contributed by atoms with Gasteiger partial charge in [-0.15, -0.1) is 0 Å². The summed E-state index contributed by atoms with van der Waals surface area (Å²) in [7, 11) is 0. The van der Waals surface area contributed by atoms with E-state index in [9.17, 15) is 8.78 Å². The Balaban J connectivity index is 3.30. The molecule has 0 aliphatic heterocycles. The van der Waals surface area contributed by atoms with Crippen LogP contribution in [0.15, 0.2) is 12.4 Å². The molecule has 5 heteroatoms. The van der Waals surface area contributed by atoms with E-state index in [1.165, 1.54) is 12.4 Å². The summed E-state index contributed by atoms with van der Waals surface area (Å²) in [6.45, 7) is 1.02. The Labute approximate surface area is 86.1 Å². The van der Waals surface area contributed by atoms with Crippen molar-refractivity contribution < 1.29 is 8.78 Å². The smallest absolute Gasteiger partial charge is 0.287 e. The van der Waals surface area contributed by atoms with E-state index in [1.807, 2.05) is 0 Å². The van der Waals surface area contributed by atoms with Crippen molar-refractivity contribution in [3.8, 4) is 0 Å². The zero-order valence-electron chi connectivity index (χ0n) is 7.73. The molecule has 0 fully saturated rings. The van der Waals surface area contributed by atoms with Crippen molar-refractivity contribution in [1.29, 1.82) is 0 Å². The van der Waals surface area contributed by atoms with Crippen molar-refractivity contribution >= 4 is 11.6 Å². The molecule has 1 aromatic heterocycles. The van der Waals surface area contributed by atoms with Crippen LogP contribution in [0.5, 0.6) is 0 Å². The van der Waals surface area contributed by atoms with Crippen LogP contribution >= 0.6 is 11.6 Å². The van der Waals surface area contributed by atoms with Crippen molar-refractivity contribution in [2.75, 3.05) is 6.54 Å². The Morgan fingerprint density at radius 2 is 2.14 bits per heavy atom. The third kappa shape index (κ3) is 2.01. The maximum absolute atomic E-state index is 13.4.